The van der Waals surface area contributed by atoms with E-state index in [9.17, 15) is 9.90 Å². The SMILES string of the molecule is CC(Nc1cc(Cl)ccc1C(=O)O)c1cccc(Br)c1. The molecular weight excluding hydrogens is 342 g/mol. The summed E-state index contributed by atoms with van der Waals surface area (Å²) in [6.45, 7) is 1.97. The van der Waals surface area contributed by atoms with E-state index in [0.717, 1.165) is 10.0 Å². The zero-order chi connectivity index (χ0) is 14.7. The summed E-state index contributed by atoms with van der Waals surface area (Å²) in [7, 11) is 0. The lowest BCUT2D eigenvalue weighted by Gasteiger charge is -2.18. The molecule has 2 rings (SSSR count). The standard InChI is InChI=1S/C15H13BrClNO2/c1-9(10-3-2-4-11(16)7-10)18-14-8-12(17)5-6-13(14)15(19)20/h2-9,18H,1H3,(H,19,20). The van der Waals surface area contributed by atoms with E-state index < -0.39 is 5.97 Å². The van der Waals surface area contributed by atoms with E-state index in [0.29, 0.717) is 10.7 Å². The van der Waals surface area contributed by atoms with Crippen molar-refractivity contribution >= 4 is 39.2 Å². The lowest BCUT2D eigenvalue weighted by Crippen LogP contribution is -2.10. The first-order valence-electron chi connectivity index (χ1n) is 6.02. The first-order valence-corrected chi connectivity index (χ1v) is 7.19. The number of benzene rings is 2. The van der Waals surface area contributed by atoms with Crippen LogP contribution in [-0.2, 0) is 0 Å². The van der Waals surface area contributed by atoms with Crippen molar-refractivity contribution in [1.29, 1.82) is 0 Å². The van der Waals surface area contributed by atoms with Gasteiger partial charge in [-0.25, -0.2) is 4.79 Å². The summed E-state index contributed by atoms with van der Waals surface area (Å²) in [5.41, 5.74) is 1.77. The molecule has 20 heavy (non-hydrogen) atoms. The molecule has 1 atom stereocenters. The molecule has 0 heterocycles. The van der Waals surface area contributed by atoms with Gasteiger partial charge in [0.2, 0.25) is 0 Å². The maximum atomic E-state index is 11.2. The third-order valence-corrected chi connectivity index (χ3v) is 3.66. The molecule has 1 unspecified atom stereocenters. The molecule has 0 aliphatic heterocycles. The topological polar surface area (TPSA) is 49.3 Å². The number of carboxylic acids is 1. The Morgan fingerprint density at radius 1 is 1.30 bits per heavy atom. The molecule has 104 valence electrons. The predicted octanol–water partition coefficient (Wildman–Crippen LogP) is 4.97. The van der Waals surface area contributed by atoms with Gasteiger partial charge in [0, 0.05) is 15.5 Å². The van der Waals surface area contributed by atoms with E-state index in [1.54, 1.807) is 12.1 Å². The molecule has 3 nitrogen and oxygen atoms in total. The third kappa shape index (κ3) is 3.52. The van der Waals surface area contributed by atoms with Crippen LogP contribution < -0.4 is 5.32 Å². The van der Waals surface area contributed by atoms with Gasteiger partial charge in [-0.05, 0) is 42.8 Å². The lowest BCUT2D eigenvalue weighted by molar-refractivity contribution is 0.0698. The number of hydrogen-bond acceptors (Lipinski definition) is 2. The Kier molecular flexibility index (Phi) is 4.68. The Hall–Kier alpha value is -1.52. The smallest absolute Gasteiger partial charge is 0.337 e. The summed E-state index contributed by atoms with van der Waals surface area (Å²) < 4.78 is 0.980. The first kappa shape index (κ1) is 14.9. The van der Waals surface area contributed by atoms with E-state index in [-0.39, 0.29) is 11.6 Å². The second-order valence-electron chi connectivity index (χ2n) is 4.42. The fourth-order valence-corrected chi connectivity index (χ4v) is 2.50. The fraction of sp³-hybridized carbons (Fsp3) is 0.133. The van der Waals surface area contributed by atoms with Gasteiger partial charge in [0.25, 0.3) is 0 Å². The summed E-state index contributed by atoms with van der Waals surface area (Å²) in [6, 6.07) is 12.5. The number of carboxylic acid groups (broad SMARTS) is 1. The van der Waals surface area contributed by atoms with Gasteiger partial charge in [0.1, 0.15) is 0 Å². The minimum absolute atomic E-state index is 0.0379. The van der Waals surface area contributed by atoms with Gasteiger partial charge in [0.15, 0.2) is 0 Å². The van der Waals surface area contributed by atoms with Gasteiger partial charge in [-0.1, -0.05) is 39.7 Å². The predicted molar refractivity (Wildman–Crippen MR) is 84.6 cm³/mol. The van der Waals surface area contributed by atoms with Crippen LogP contribution >= 0.6 is 27.5 Å². The van der Waals surface area contributed by atoms with Crippen LogP contribution in [0, 0.1) is 0 Å². The van der Waals surface area contributed by atoms with Crippen molar-refractivity contribution < 1.29 is 9.90 Å². The maximum absolute atomic E-state index is 11.2. The van der Waals surface area contributed by atoms with E-state index in [4.69, 9.17) is 11.6 Å². The molecule has 0 saturated carbocycles. The Morgan fingerprint density at radius 3 is 2.70 bits per heavy atom. The van der Waals surface area contributed by atoms with Crippen LogP contribution in [0.3, 0.4) is 0 Å². The molecule has 2 aromatic carbocycles. The van der Waals surface area contributed by atoms with Gasteiger partial charge in [-0.15, -0.1) is 0 Å². The average Bonchev–Trinajstić information content (AvgIpc) is 2.38. The second kappa shape index (κ2) is 6.29. The molecule has 0 aliphatic carbocycles. The quantitative estimate of drug-likeness (QED) is 0.814. The van der Waals surface area contributed by atoms with E-state index in [1.165, 1.54) is 6.07 Å². The van der Waals surface area contributed by atoms with Crippen LogP contribution in [0.15, 0.2) is 46.9 Å². The average molecular weight is 355 g/mol. The summed E-state index contributed by atoms with van der Waals surface area (Å²) in [4.78, 5) is 11.2. The van der Waals surface area contributed by atoms with Gasteiger partial charge in [0.05, 0.1) is 11.3 Å². The van der Waals surface area contributed by atoms with Crippen molar-refractivity contribution in [1.82, 2.24) is 0 Å². The summed E-state index contributed by atoms with van der Waals surface area (Å²) >= 11 is 9.36. The van der Waals surface area contributed by atoms with Gasteiger partial charge in [-0.3, -0.25) is 0 Å². The van der Waals surface area contributed by atoms with Crippen LogP contribution in [0.1, 0.15) is 28.9 Å². The van der Waals surface area contributed by atoms with Crippen LogP contribution in [-0.4, -0.2) is 11.1 Å². The Balaban J connectivity index is 2.29. The van der Waals surface area contributed by atoms with E-state index in [2.05, 4.69) is 21.2 Å². The van der Waals surface area contributed by atoms with Crippen LogP contribution in [0.25, 0.3) is 0 Å². The highest BCUT2D eigenvalue weighted by Crippen LogP contribution is 2.26. The molecule has 2 aromatic rings. The van der Waals surface area contributed by atoms with Crippen molar-refractivity contribution in [3.63, 3.8) is 0 Å². The largest absolute Gasteiger partial charge is 0.478 e. The molecule has 0 spiro atoms. The molecular formula is C15H13BrClNO2. The number of hydrogen-bond donors (Lipinski definition) is 2. The highest BCUT2D eigenvalue weighted by Gasteiger charge is 2.13. The highest BCUT2D eigenvalue weighted by atomic mass is 79.9. The van der Waals surface area contributed by atoms with E-state index >= 15 is 0 Å². The molecule has 0 amide bonds. The van der Waals surface area contributed by atoms with E-state index in [1.807, 2.05) is 31.2 Å². The number of nitrogens with one attached hydrogen (secondary N) is 1. The number of rotatable bonds is 4. The molecule has 0 bridgehead atoms. The summed E-state index contributed by atoms with van der Waals surface area (Å²) in [5, 5.41) is 12.9. The fourth-order valence-electron chi connectivity index (χ4n) is 1.91. The number of aromatic carboxylic acids is 1. The Labute approximate surface area is 130 Å². The molecule has 5 heteroatoms. The van der Waals surface area contributed by atoms with Crippen LogP contribution in [0.5, 0.6) is 0 Å². The Morgan fingerprint density at radius 2 is 2.05 bits per heavy atom. The maximum Gasteiger partial charge on any atom is 0.337 e. The molecule has 0 aliphatic rings. The summed E-state index contributed by atoms with van der Waals surface area (Å²) in [5.74, 6) is -0.981. The number of carbonyl (C=O) groups is 1. The normalized spacial score (nSPS) is 11.9. The van der Waals surface area contributed by atoms with Gasteiger partial charge < -0.3 is 10.4 Å². The molecule has 0 radical (unpaired) electrons. The molecule has 0 saturated heterocycles. The third-order valence-electron chi connectivity index (χ3n) is 2.93. The Bertz CT molecular complexity index is 646. The van der Waals surface area contributed by atoms with Crippen molar-refractivity contribution in [3.8, 4) is 0 Å². The van der Waals surface area contributed by atoms with Crippen LogP contribution in [0.2, 0.25) is 5.02 Å². The molecule has 0 fully saturated rings. The zero-order valence-corrected chi connectivity index (χ0v) is 13.1. The zero-order valence-electron chi connectivity index (χ0n) is 10.7. The van der Waals surface area contributed by atoms with Gasteiger partial charge >= 0.3 is 5.97 Å². The van der Waals surface area contributed by atoms with Crippen molar-refractivity contribution in [2.45, 2.75) is 13.0 Å². The van der Waals surface area contributed by atoms with Crippen molar-refractivity contribution in [3.05, 3.63) is 63.1 Å². The highest BCUT2D eigenvalue weighted by molar-refractivity contribution is 9.10. The summed E-state index contributed by atoms with van der Waals surface area (Å²) in [6.07, 6.45) is 0. The van der Waals surface area contributed by atoms with Crippen LogP contribution in [0.4, 0.5) is 5.69 Å². The van der Waals surface area contributed by atoms with Gasteiger partial charge in [-0.2, -0.15) is 0 Å². The molecule has 0 aromatic heterocycles. The van der Waals surface area contributed by atoms with Crippen molar-refractivity contribution in [2.75, 3.05) is 5.32 Å². The second-order valence-corrected chi connectivity index (χ2v) is 5.77. The van der Waals surface area contributed by atoms with Crippen molar-refractivity contribution in [2.24, 2.45) is 0 Å². The minimum Gasteiger partial charge on any atom is -0.478 e. The first-order chi connectivity index (χ1) is 9.47. The number of halogens is 2. The lowest BCUT2D eigenvalue weighted by atomic mass is 10.1. The number of anilines is 1. The monoisotopic (exact) mass is 353 g/mol. The molecule has 2 N–H and O–H groups in total. The minimum atomic E-state index is -0.981.